The standard InChI is InChI=1S/C8H9NO/c1-6-2-3-9-4-7(6)8-5-10-8/h2-4,8H,5H2,1H3. The largest absolute Gasteiger partial charge is 0.368 e. The van der Waals surface area contributed by atoms with Gasteiger partial charge in [-0.3, -0.25) is 4.98 Å². The minimum Gasteiger partial charge on any atom is -0.368 e. The third-order valence-electron chi connectivity index (χ3n) is 1.76. The predicted octanol–water partition coefficient (Wildman–Crippen LogP) is 1.46. The molecule has 1 aromatic rings. The van der Waals surface area contributed by atoms with Crippen molar-refractivity contribution in [1.82, 2.24) is 4.98 Å². The number of pyridine rings is 1. The third-order valence-corrected chi connectivity index (χ3v) is 1.76. The van der Waals surface area contributed by atoms with Crippen molar-refractivity contribution in [2.75, 3.05) is 6.61 Å². The first-order valence-electron chi connectivity index (χ1n) is 3.40. The van der Waals surface area contributed by atoms with E-state index in [0.717, 1.165) is 6.61 Å². The number of hydrogen-bond acceptors (Lipinski definition) is 2. The van der Waals surface area contributed by atoms with Crippen LogP contribution in [0.15, 0.2) is 18.5 Å². The topological polar surface area (TPSA) is 25.4 Å². The van der Waals surface area contributed by atoms with Gasteiger partial charge in [0.05, 0.1) is 6.61 Å². The first-order chi connectivity index (χ1) is 4.88. The van der Waals surface area contributed by atoms with Gasteiger partial charge in [0.1, 0.15) is 6.10 Å². The average Bonchev–Trinajstić information content (AvgIpc) is 2.71. The summed E-state index contributed by atoms with van der Waals surface area (Å²) < 4.78 is 5.14. The predicted molar refractivity (Wildman–Crippen MR) is 37.7 cm³/mol. The third kappa shape index (κ3) is 0.907. The van der Waals surface area contributed by atoms with E-state index in [-0.39, 0.29) is 0 Å². The van der Waals surface area contributed by atoms with Crippen LogP contribution in [-0.2, 0) is 4.74 Å². The van der Waals surface area contributed by atoms with Crippen molar-refractivity contribution < 1.29 is 4.74 Å². The van der Waals surface area contributed by atoms with Crippen LogP contribution < -0.4 is 0 Å². The molecule has 0 radical (unpaired) electrons. The quantitative estimate of drug-likeness (QED) is 0.545. The maximum absolute atomic E-state index is 5.14. The number of ether oxygens (including phenoxy) is 1. The molecule has 0 N–H and O–H groups in total. The van der Waals surface area contributed by atoms with Crippen molar-refractivity contribution >= 4 is 0 Å². The second kappa shape index (κ2) is 2.06. The molecule has 0 aliphatic carbocycles. The summed E-state index contributed by atoms with van der Waals surface area (Å²) in [6.07, 6.45) is 4.03. The van der Waals surface area contributed by atoms with Crippen molar-refractivity contribution in [3.63, 3.8) is 0 Å². The minimum atomic E-state index is 0.341. The average molecular weight is 135 g/mol. The van der Waals surface area contributed by atoms with Crippen molar-refractivity contribution in [3.05, 3.63) is 29.6 Å². The van der Waals surface area contributed by atoms with Gasteiger partial charge in [-0.1, -0.05) is 0 Å². The fourth-order valence-corrected chi connectivity index (χ4v) is 1.04. The summed E-state index contributed by atoms with van der Waals surface area (Å²) in [5, 5.41) is 0. The van der Waals surface area contributed by atoms with Crippen LogP contribution in [0.4, 0.5) is 0 Å². The summed E-state index contributed by atoms with van der Waals surface area (Å²) in [4.78, 5) is 4.03. The Labute approximate surface area is 59.9 Å². The smallest absolute Gasteiger partial charge is 0.108 e. The van der Waals surface area contributed by atoms with Crippen molar-refractivity contribution in [2.24, 2.45) is 0 Å². The van der Waals surface area contributed by atoms with Crippen LogP contribution in [0.1, 0.15) is 17.2 Å². The highest BCUT2D eigenvalue weighted by atomic mass is 16.6. The van der Waals surface area contributed by atoms with E-state index in [2.05, 4.69) is 11.9 Å². The molecule has 0 saturated carbocycles. The molecule has 1 saturated heterocycles. The summed E-state index contributed by atoms with van der Waals surface area (Å²) in [6.45, 7) is 2.95. The molecular formula is C8H9NO. The van der Waals surface area contributed by atoms with Gasteiger partial charge in [0, 0.05) is 18.0 Å². The Hall–Kier alpha value is -0.890. The second-order valence-electron chi connectivity index (χ2n) is 2.55. The van der Waals surface area contributed by atoms with E-state index in [1.807, 2.05) is 12.3 Å². The summed E-state index contributed by atoms with van der Waals surface area (Å²) in [5.41, 5.74) is 2.51. The van der Waals surface area contributed by atoms with Crippen LogP contribution in [0.25, 0.3) is 0 Å². The minimum absolute atomic E-state index is 0.341. The zero-order chi connectivity index (χ0) is 6.97. The summed E-state index contributed by atoms with van der Waals surface area (Å²) in [7, 11) is 0. The Balaban J connectivity index is 2.39. The van der Waals surface area contributed by atoms with E-state index in [1.54, 1.807) is 6.20 Å². The van der Waals surface area contributed by atoms with Gasteiger partial charge in [0.25, 0.3) is 0 Å². The lowest BCUT2D eigenvalue weighted by atomic mass is 10.1. The maximum atomic E-state index is 5.14. The number of aryl methyl sites for hydroxylation is 1. The number of epoxide rings is 1. The van der Waals surface area contributed by atoms with Gasteiger partial charge in [0.2, 0.25) is 0 Å². The lowest BCUT2D eigenvalue weighted by Crippen LogP contribution is -1.86. The van der Waals surface area contributed by atoms with Crippen molar-refractivity contribution in [2.45, 2.75) is 13.0 Å². The molecule has 1 aromatic heterocycles. The van der Waals surface area contributed by atoms with E-state index in [9.17, 15) is 0 Å². The second-order valence-corrected chi connectivity index (χ2v) is 2.55. The Morgan fingerprint density at radius 1 is 1.70 bits per heavy atom. The van der Waals surface area contributed by atoms with Crippen LogP contribution in [0.2, 0.25) is 0 Å². The van der Waals surface area contributed by atoms with Gasteiger partial charge in [-0.05, 0) is 18.6 Å². The molecule has 10 heavy (non-hydrogen) atoms. The fourth-order valence-electron chi connectivity index (χ4n) is 1.04. The normalized spacial score (nSPS) is 22.7. The number of hydrogen-bond donors (Lipinski definition) is 0. The Morgan fingerprint density at radius 3 is 3.10 bits per heavy atom. The maximum Gasteiger partial charge on any atom is 0.108 e. The monoisotopic (exact) mass is 135 g/mol. The Kier molecular flexibility index (Phi) is 1.21. The van der Waals surface area contributed by atoms with Gasteiger partial charge in [-0.15, -0.1) is 0 Å². The number of rotatable bonds is 1. The lowest BCUT2D eigenvalue weighted by molar-refractivity contribution is 0.414. The fraction of sp³-hybridized carbons (Fsp3) is 0.375. The molecule has 0 bridgehead atoms. The zero-order valence-corrected chi connectivity index (χ0v) is 5.87. The molecule has 1 fully saturated rings. The van der Waals surface area contributed by atoms with Gasteiger partial charge >= 0.3 is 0 Å². The van der Waals surface area contributed by atoms with E-state index in [0.29, 0.717) is 6.10 Å². The SMILES string of the molecule is Cc1ccncc1C1CO1. The van der Waals surface area contributed by atoms with Gasteiger partial charge in [0.15, 0.2) is 0 Å². The summed E-state index contributed by atoms with van der Waals surface area (Å²) >= 11 is 0. The number of aromatic nitrogens is 1. The summed E-state index contributed by atoms with van der Waals surface area (Å²) in [6, 6.07) is 2.01. The molecule has 2 rings (SSSR count). The van der Waals surface area contributed by atoms with E-state index in [4.69, 9.17) is 4.74 Å². The molecule has 1 aliphatic heterocycles. The Bertz CT molecular complexity index is 243. The lowest BCUT2D eigenvalue weighted by Gasteiger charge is -1.97. The van der Waals surface area contributed by atoms with Gasteiger partial charge in [-0.25, -0.2) is 0 Å². The molecule has 2 heteroatoms. The van der Waals surface area contributed by atoms with Gasteiger partial charge in [-0.2, -0.15) is 0 Å². The molecule has 52 valence electrons. The highest BCUT2D eigenvalue weighted by Crippen LogP contribution is 2.30. The van der Waals surface area contributed by atoms with Crippen LogP contribution in [0, 0.1) is 6.92 Å². The molecule has 2 heterocycles. The Morgan fingerprint density at radius 2 is 2.50 bits per heavy atom. The highest BCUT2D eigenvalue weighted by molar-refractivity contribution is 5.25. The molecular weight excluding hydrogens is 126 g/mol. The molecule has 2 nitrogen and oxygen atoms in total. The van der Waals surface area contributed by atoms with Crippen LogP contribution in [0.5, 0.6) is 0 Å². The van der Waals surface area contributed by atoms with Gasteiger partial charge < -0.3 is 4.74 Å². The number of nitrogens with zero attached hydrogens (tertiary/aromatic N) is 1. The van der Waals surface area contributed by atoms with Crippen LogP contribution in [0.3, 0.4) is 0 Å². The molecule has 0 spiro atoms. The van der Waals surface area contributed by atoms with E-state index < -0.39 is 0 Å². The molecule has 1 unspecified atom stereocenters. The molecule has 0 amide bonds. The van der Waals surface area contributed by atoms with E-state index >= 15 is 0 Å². The van der Waals surface area contributed by atoms with Crippen LogP contribution in [-0.4, -0.2) is 11.6 Å². The molecule has 1 atom stereocenters. The summed E-state index contributed by atoms with van der Waals surface area (Å²) in [5.74, 6) is 0. The molecule has 0 aromatic carbocycles. The first-order valence-corrected chi connectivity index (χ1v) is 3.40. The zero-order valence-electron chi connectivity index (χ0n) is 5.87. The molecule has 1 aliphatic rings. The van der Waals surface area contributed by atoms with Crippen molar-refractivity contribution in [1.29, 1.82) is 0 Å². The first kappa shape index (κ1) is 5.86. The van der Waals surface area contributed by atoms with Crippen LogP contribution >= 0.6 is 0 Å². The van der Waals surface area contributed by atoms with E-state index in [1.165, 1.54) is 11.1 Å². The van der Waals surface area contributed by atoms with Crippen molar-refractivity contribution in [3.8, 4) is 0 Å². The highest BCUT2D eigenvalue weighted by Gasteiger charge is 2.25.